The number of aromatic amines is 1. The molecule has 1 N–H and O–H groups in total. The summed E-state index contributed by atoms with van der Waals surface area (Å²) in [5, 5.41) is 4.04. The highest BCUT2D eigenvalue weighted by Crippen LogP contribution is 2.31. The maximum Gasteiger partial charge on any atom is 0.254 e. The Morgan fingerprint density at radius 1 is 1.16 bits per heavy atom. The Morgan fingerprint density at radius 3 is 2.84 bits per heavy atom. The molecule has 4 heterocycles. The number of thiophene rings is 1. The van der Waals surface area contributed by atoms with Crippen molar-refractivity contribution in [2.75, 3.05) is 19.6 Å². The van der Waals surface area contributed by atoms with Gasteiger partial charge >= 0.3 is 0 Å². The first-order chi connectivity index (χ1) is 15.2. The molecule has 2 fully saturated rings. The van der Waals surface area contributed by atoms with Gasteiger partial charge in [0, 0.05) is 31.7 Å². The number of nitrogens with zero attached hydrogens (tertiary/aromatic N) is 3. The standard InChI is InChI=1S/C24H32N4O2S/c29-22(13-18-9-12-31-16-18)28-10-4-7-21(28)23-25-20-15-27(11-8-19(20)24(30)26-23)14-17-5-2-1-3-6-17/h9,12,16-17,21H,1-8,10-11,13-15H2,(H,25,26,30)/t21-/m0/s1. The van der Waals surface area contributed by atoms with Crippen LogP contribution in [-0.4, -0.2) is 45.3 Å². The van der Waals surface area contributed by atoms with Crippen LogP contribution in [0.4, 0.5) is 0 Å². The van der Waals surface area contributed by atoms with Crippen molar-refractivity contribution in [2.24, 2.45) is 5.92 Å². The van der Waals surface area contributed by atoms with Gasteiger partial charge in [-0.1, -0.05) is 19.3 Å². The number of fused-ring (bicyclic) bond motifs is 1. The van der Waals surface area contributed by atoms with Crippen molar-refractivity contribution in [3.63, 3.8) is 0 Å². The number of likely N-dealkylation sites (tertiary alicyclic amines) is 1. The monoisotopic (exact) mass is 440 g/mol. The third-order valence-corrected chi connectivity index (χ3v) is 7.97. The molecule has 7 heteroatoms. The van der Waals surface area contributed by atoms with Crippen LogP contribution in [0.5, 0.6) is 0 Å². The van der Waals surface area contributed by atoms with Crippen LogP contribution in [0.2, 0.25) is 0 Å². The van der Waals surface area contributed by atoms with Crippen molar-refractivity contribution in [1.29, 1.82) is 0 Å². The molecule has 1 amide bonds. The normalized spacial score (nSPS) is 22.6. The number of H-pyrrole nitrogens is 1. The van der Waals surface area contributed by atoms with Gasteiger partial charge in [-0.25, -0.2) is 4.98 Å². The number of carbonyl (C=O) groups is 1. The predicted molar refractivity (Wildman–Crippen MR) is 122 cm³/mol. The van der Waals surface area contributed by atoms with E-state index in [1.54, 1.807) is 11.3 Å². The van der Waals surface area contributed by atoms with E-state index in [2.05, 4.69) is 9.88 Å². The minimum absolute atomic E-state index is 0.00514. The van der Waals surface area contributed by atoms with Gasteiger partial charge < -0.3 is 9.88 Å². The molecule has 3 aliphatic rings. The predicted octanol–water partition coefficient (Wildman–Crippen LogP) is 3.68. The second kappa shape index (κ2) is 9.25. The van der Waals surface area contributed by atoms with E-state index in [9.17, 15) is 9.59 Å². The first kappa shape index (κ1) is 20.9. The first-order valence-corrected chi connectivity index (χ1v) is 12.8. The van der Waals surface area contributed by atoms with E-state index in [0.717, 1.165) is 68.2 Å². The molecule has 0 unspecified atom stereocenters. The highest BCUT2D eigenvalue weighted by molar-refractivity contribution is 7.08. The van der Waals surface area contributed by atoms with Gasteiger partial charge in [0.2, 0.25) is 5.91 Å². The zero-order valence-corrected chi connectivity index (χ0v) is 19.0. The first-order valence-electron chi connectivity index (χ1n) is 11.8. The third-order valence-electron chi connectivity index (χ3n) is 7.24. The molecule has 166 valence electrons. The van der Waals surface area contributed by atoms with Gasteiger partial charge in [0.25, 0.3) is 5.56 Å². The summed E-state index contributed by atoms with van der Waals surface area (Å²) >= 11 is 1.62. The average molecular weight is 441 g/mol. The fourth-order valence-electron chi connectivity index (χ4n) is 5.58. The van der Waals surface area contributed by atoms with E-state index in [1.807, 2.05) is 21.7 Å². The fourth-order valence-corrected chi connectivity index (χ4v) is 6.25. The molecule has 2 aromatic rings. The lowest BCUT2D eigenvalue weighted by atomic mass is 9.88. The quantitative estimate of drug-likeness (QED) is 0.770. The molecule has 0 radical (unpaired) electrons. The summed E-state index contributed by atoms with van der Waals surface area (Å²) in [5.74, 6) is 1.59. The van der Waals surface area contributed by atoms with Gasteiger partial charge in [0.1, 0.15) is 5.82 Å². The van der Waals surface area contributed by atoms with Crippen molar-refractivity contribution in [2.45, 2.75) is 70.4 Å². The van der Waals surface area contributed by atoms with Crippen LogP contribution in [0.25, 0.3) is 0 Å². The molecular formula is C24H32N4O2S. The molecule has 1 saturated carbocycles. The van der Waals surface area contributed by atoms with E-state index < -0.39 is 0 Å². The Kier molecular flexibility index (Phi) is 6.23. The summed E-state index contributed by atoms with van der Waals surface area (Å²) in [7, 11) is 0. The van der Waals surface area contributed by atoms with Crippen LogP contribution in [0.3, 0.4) is 0 Å². The lowest BCUT2D eigenvalue weighted by molar-refractivity contribution is -0.131. The number of rotatable bonds is 5. The molecular weight excluding hydrogens is 408 g/mol. The second-order valence-electron chi connectivity index (χ2n) is 9.42. The van der Waals surface area contributed by atoms with Gasteiger partial charge in [0.05, 0.1) is 18.2 Å². The van der Waals surface area contributed by atoms with Crippen LogP contribution in [0, 0.1) is 5.92 Å². The Morgan fingerprint density at radius 2 is 2.03 bits per heavy atom. The van der Waals surface area contributed by atoms with Crippen molar-refractivity contribution in [3.05, 3.63) is 49.8 Å². The van der Waals surface area contributed by atoms with E-state index in [1.165, 1.54) is 32.1 Å². The number of nitrogens with one attached hydrogen (secondary N) is 1. The number of amides is 1. The van der Waals surface area contributed by atoms with Gasteiger partial charge in [-0.15, -0.1) is 0 Å². The Labute approximate surface area is 187 Å². The smallest absolute Gasteiger partial charge is 0.254 e. The molecule has 1 aliphatic carbocycles. The van der Waals surface area contributed by atoms with Crippen LogP contribution in [-0.2, 0) is 24.2 Å². The molecule has 0 bridgehead atoms. The second-order valence-corrected chi connectivity index (χ2v) is 10.2. The minimum Gasteiger partial charge on any atom is -0.332 e. The van der Waals surface area contributed by atoms with Crippen LogP contribution in [0.1, 0.15) is 73.6 Å². The number of hydrogen-bond acceptors (Lipinski definition) is 5. The molecule has 31 heavy (non-hydrogen) atoms. The van der Waals surface area contributed by atoms with E-state index in [-0.39, 0.29) is 17.5 Å². The summed E-state index contributed by atoms with van der Waals surface area (Å²) < 4.78 is 0. The number of hydrogen-bond donors (Lipinski definition) is 1. The summed E-state index contributed by atoms with van der Waals surface area (Å²) in [5.41, 5.74) is 2.83. The van der Waals surface area contributed by atoms with E-state index in [4.69, 9.17) is 4.98 Å². The molecule has 6 nitrogen and oxygen atoms in total. The van der Waals surface area contributed by atoms with Gasteiger partial charge in [-0.05, 0) is 60.4 Å². The Bertz CT molecular complexity index is 964. The summed E-state index contributed by atoms with van der Waals surface area (Å²) in [6.45, 7) is 3.57. The van der Waals surface area contributed by atoms with Crippen LogP contribution in [0.15, 0.2) is 21.6 Å². The SMILES string of the molecule is O=C(Cc1ccsc1)N1CCC[C@H]1c1nc2c(c(=O)[nH]1)CCN(CC1CCCCC1)C2. The molecule has 2 aromatic heterocycles. The lowest BCUT2D eigenvalue weighted by Gasteiger charge is -2.33. The summed E-state index contributed by atoms with van der Waals surface area (Å²) in [6.07, 6.45) is 9.77. The summed E-state index contributed by atoms with van der Waals surface area (Å²) in [4.78, 5) is 38.2. The van der Waals surface area contributed by atoms with Gasteiger partial charge in [-0.2, -0.15) is 11.3 Å². The van der Waals surface area contributed by atoms with Crippen molar-refractivity contribution >= 4 is 17.2 Å². The Balaban J connectivity index is 1.32. The zero-order valence-electron chi connectivity index (χ0n) is 18.1. The summed E-state index contributed by atoms with van der Waals surface area (Å²) in [6, 6.07) is 1.89. The number of aromatic nitrogens is 2. The molecule has 5 rings (SSSR count). The Hall–Kier alpha value is -1.99. The highest BCUT2D eigenvalue weighted by Gasteiger charge is 2.33. The van der Waals surface area contributed by atoms with Crippen LogP contribution < -0.4 is 5.56 Å². The van der Waals surface area contributed by atoms with Gasteiger partial charge in [0.15, 0.2) is 0 Å². The van der Waals surface area contributed by atoms with Crippen molar-refractivity contribution in [3.8, 4) is 0 Å². The third kappa shape index (κ3) is 4.62. The van der Waals surface area contributed by atoms with Crippen molar-refractivity contribution < 1.29 is 4.79 Å². The van der Waals surface area contributed by atoms with Gasteiger partial charge in [-0.3, -0.25) is 14.5 Å². The maximum absolute atomic E-state index is 12.9. The number of carbonyl (C=O) groups excluding carboxylic acids is 1. The maximum atomic E-state index is 12.9. The highest BCUT2D eigenvalue weighted by atomic mass is 32.1. The molecule has 0 spiro atoms. The molecule has 1 atom stereocenters. The van der Waals surface area contributed by atoms with Crippen LogP contribution >= 0.6 is 11.3 Å². The zero-order chi connectivity index (χ0) is 21.2. The average Bonchev–Trinajstić information content (AvgIpc) is 3.46. The largest absolute Gasteiger partial charge is 0.332 e. The minimum atomic E-state index is -0.113. The topological polar surface area (TPSA) is 69.3 Å². The molecule has 0 aromatic carbocycles. The van der Waals surface area contributed by atoms with E-state index >= 15 is 0 Å². The van der Waals surface area contributed by atoms with Crippen molar-refractivity contribution in [1.82, 2.24) is 19.8 Å². The fraction of sp³-hybridized carbons (Fsp3) is 0.625. The van der Waals surface area contributed by atoms with E-state index in [0.29, 0.717) is 12.2 Å². The molecule has 2 aliphatic heterocycles. The lowest BCUT2D eigenvalue weighted by Crippen LogP contribution is -2.39. The molecule has 1 saturated heterocycles.